The van der Waals surface area contributed by atoms with Crippen molar-refractivity contribution in [2.24, 2.45) is 5.73 Å². The molecule has 19 heavy (non-hydrogen) atoms. The predicted molar refractivity (Wildman–Crippen MR) is 65.5 cm³/mol. The highest BCUT2D eigenvalue weighted by Crippen LogP contribution is 2.31. The maximum Gasteiger partial charge on any atom is 0.198 e. The largest absolute Gasteiger partial charge is 0.448 e. The number of hydrogen-bond acceptors (Lipinski definition) is 2. The second kappa shape index (κ2) is 5.32. The molecule has 5 heteroatoms. The Morgan fingerprint density at radius 3 is 2.32 bits per heavy atom. The molecule has 0 fully saturated rings. The van der Waals surface area contributed by atoms with Crippen LogP contribution in [0.25, 0.3) is 0 Å². The lowest BCUT2D eigenvalue weighted by Gasteiger charge is -2.10. The summed E-state index contributed by atoms with van der Waals surface area (Å²) in [5, 5.41) is 0. The minimum atomic E-state index is -0.915. The van der Waals surface area contributed by atoms with Gasteiger partial charge in [-0.1, -0.05) is 12.1 Å². The summed E-state index contributed by atoms with van der Waals surface area (Å²) >= 11 is 0. The standard InChI is InChI=1S/C14H12F3NO/c1-8-3-2-4-12(13(8)17)19-14-10(15)5-9(7-18)6-11(14)16/h2-6H,7,18H2,1H3. The van der Waals surface area contributed by atoms with Gasteiger partial charge < -0.3 is 10.5 Å². The minimum Gasteiger partial charge on any atom is -0.448 e. The Kier molecular flexibility index (Phi) is 3.76. The van der Waals surface area contributed by atoms with Crippen molar-refractivity contribution in [3.05, 3.63) is 58.9 Å². The molecule has 0 amide bonds. The van der Waals surface area contributed by atoms with Gasteiger partial charge >= 0.3 is 0 Å². The van der Waals surface area contributed by atoms with Crippen LogP contribution in [-0.4, -0.2) is 0 Å². The van der Waals surface area contributed by atoms with E-state index in [1.54, 1.807) is 0 Å². The lowest BCUT2D eigenvalue weighted by molar-refractivity contribution is 0.385. The number of benzene rings is 2. The van der Waals surface area contributed by atoms with E-state index in [0.717, 1.165) is 12.1 Å². The molecular weight excluding hydrogens is 255 g/mol. The van der Waals surface area contributed by atoms with Gasteiger partial charge in [-0.15, -0.1) is 0 Å². The summed E-state index contributed by atoms with van der Waals surface area (Å²) in [5.41, 5.74) is 5.93. The Labute approximate surface area is 108 Å². The summed E-state index contributed by atoms with van der Waals surface area (Å²) in [6.45, 7) is 1.54. The van der Waals surface area contributed by atoms with Crippen LogP contribution in [0, 0.1) is 24.4 Å². The fourth-order valence-electron chi connectivity index (χ4n) is 1.64. The number of rotatable bonds is 3. The van der Waals surface area contributed by atoms with Crippen molar-refractivity contribution in [3.63, 3.8) is 0 Å². The van der Waals surface area contributed by atoms with Crippen LogP contribution in [0.1, 0.15) is 11.1 Å². The van der Waals surface area contributed by atoms with Gasteiger partial charge in [-0.2, -0.15) is 0 Å². The van der Waals surface area contributed by atoms with Crippen molar-refractivity contribution in [2.45, 2.75) is 13.5 Å². The van der Waals surface area contributed by atoms with Crippen LogP contribution in [0.2, 0.25) is 0 Å². The van der Waals surface area contributed by atoms with Crippen LogP contribution >= 0.6 is 0 Å². The zero-order chi connectivity index (χ0) is 14.0. The number of ether oxygens (including phenoxy) is 1. The van der Waals surface area contributed by atoms with E-state index < -0.39 is 23.2 Å². The maximum absolute atomic E-state index is 13.7. The number of nitrogens with two attached hydrogens (primary N) is 1. The van der Waals surface area contributed by atoms with Gasteiger partial charge in [0, 0.05) is 6.54 Å². The highest BCUT2D eigenvalue weighted by molar-refractivity contribution is 5.38. The lowest BCUT2D eigenvalue weighted by Crippen LogP contribution is -2.01. The molecule has 0 atom stereocenters. The Hall–Kier alpha value is -2.01. The monoisotopic (exact) mass is 267 g/mol. The van der Waals surface area contributed by atoms with Crippen molar-refractivity contribution in [1.82, 2.24) is 0 Å². The van der Waals surface area contributed by atoms with Gasteiger partial charge in [0.2, 0.25) is 0 Å². The average Bonchev–Trinajstić information content (AvgIpc) is 2.38. The fraction of sp³-hybridized carbons (Fsp3) is 0.143. The molecule has 2 aromatic carbocycles. The van der Waals surface area contributed by atoms with E-state index in [1.807, 2.05) is 0 Å². The molecule has 0 aliphatic rings. The first-order valence-corrected chi connectivity index (χ1v) is 5.64. The van der Waals surface area contributed by atoms with Gasteiger partial charge in [0.05, 0.1) is 0 Å². The van der Waals surface area contributed by atoms with Crippen molar-refractivity contribution in [3.8, 4) is 11.5 Å². The van der Waals surface area contributed by atoms with Crippen LogP contribution in [0.15, 0.2) is 30.3 Å². The topological polar surface area (TPSA) is 35.2 Å². The van der Waals surface area contributed by atoms with Crippen LogP contribution in [-0.2, 0) is 6.54 Å². The third-order valence-corrected chi connectivity index (χ3v) is 2.66. The first-order chi connectivity index (χ1) is 9.02. The Morgan fingerprint density at radius 2 is 1.74 bits per heavy atom. The fourth-order valence-corrected chi connectivity index (χ4v) is 1.64. The van der Waals surface area contributed by atoms with Crippen LogP contribution in [0.4, 0.5) is 13.2 Å². The zero-order valence-electron chi connectivity index (χ0n) is 10.2. The smallest absolute Gasteiger partial charge is 0.198 e. The molecule has 0 unspecified atom stereocenters. The molecule has 0 radical (unpaired) electrons. The third-order valence-electron chi connectivity index (χ3n) is 2.66. The summed E-state index contributed by atoms with van der Waals surface area (Å²) in [5.74, 6) is -3.34. The number of aryl methyl sites for hydroxylation is 1. The van der Waals surface area contributed by atoms with E-state index in [2.05, 4.69) is 0 Å². The summed E-state index contributed by atoms with van der Waals surface area (Å²) in [6.07, 6.45) is 0. The van der Waals surface area contributed by atoms with E-state index in [4.69, 9.17) is 10.5 Å². The SMILES string of the molecule is Cc1cccc(Oc2c(F)cc(CN)cc2F)c1F. The Balaban J connectivity index is 2.41. The molecule has 0 saturated carbocycles. The van der Waals surface area contributed by atoms with E-state index in [9.17, 15) is 13.2 Å². The summed E-state index contributed by atoms with van der Waals surface area (Å²) in [4.78, 5) is 0. The molecule has 2 N–H and O–H groups in total. The van der Waals surface area contributed by atoms with Crippen molar-refractivity contribution in [2.75, 3.05) is 0 Å². The minimum absolute atomic E-state index is 0.00687. The highest BCUT2D eigenvalue weighted by Gasteiger charge is 2.15. The van der Waals surface area contributed by atoms with Crippen molar-refractivity contribution in [1.29, 1.82) is 0 Å². The first kappa shape index (κ1) is 13.4. The third kappa shape index (κ3) is 2.71. The lowest BCUT2D eigenvalue weighted by atomic mass is 10.2. The summed E-state index contributed by atoms with van der Waals surface area (Å²) in [6, 6.07) is 6.50. The molecule has 0 aliphatic carbocycles. The normalized spacial score (nSPS) is 10.6. The molecule has 0 aromatic heterocycles. The van der Waals surface area contributed by atoms with E-state index in [-0.39, 0.29) is 12.3 Å². The molecule has 0 bridgehead atoms. The Bertz CT molecular complexity index is 591. The molecule has 0 heterocycles. The summed E-state index contributed by atoms with van der Waals surface area (Å²) in [7, 11) is 0. The van der Waals surface area contributed by atoms with E-state index in [0.29, 0.717) is 11.1 Å². The molecule has 0 spiro atoms. The highest BCUT2D eigenvalue weighted by atomic mass is 19.1. The summed E-state index contributed by atoms with van der Waals surface area (Å²) < 4.78 is 46.0. The molecule has 2 rings (SSSR count). The van der Waals surface area contributed by atoms with Gasteiger partial charge in [-0.05, 0) is 36.2 Å². The van der Waals surface area contributed by atoms with E-state index in [1.165, 1.54) is 25.1 Å². The molecule has 0 saturated heterocycles. The maximum atomic E-state index is 13.7. The first-order valence-electron chi connectivity index (χ1n) is 5.64. The van der Waals surface area contributed by atoms with Gasteiger partial charge in [-0.3, -0.25) is 0 Å². The zero-order valence-corrected chi connectivity index (χ0v) is 10.2. The van der Waals surface area contributed by atoms with Crippen molar-refractivity contribution < 1.29 is 17.9 Å². The van der Waals surface area contributed by atoms with E-state index >= 15 is 0 Å². The molecule has 2 nitrogen and oxygen atoms in total. The van der Waals surface area contributed by atoms with Crippen LogP contribution < -0.4 is 10.5 Å². The number of halogens is 3. The second-order valence-corrected chi connectivity index (χ2v) is 4.08. The van der Waals surface area contributed by atoms with Gasteiger partial charge in [-0.25, -0.2) is 13.2 Å². The Morgan fingerprint density at radius 1 is 1.11 bits per heavy atom. The molecule has 0 aliphatic heterocycles. The van der Waals surface area contributed by atoms with Gasteiger partial charge in [0.1, 0.15) is 0 Å². The number of hydrogen-bond donors (Lipinski definition) is 1. The molecular formula is C14H12F3NO. The molecule has 100 valence electrons. The predicted octanol–water partition coefficient (Wildman–Crippen LogP) is 3.66. The quantitative estimate of drug-likeness (QED) is 0.921. The van der Waals surface area contributed by atoms with Gasteiger partial charge in [0.25, 0.3) is 0 Å². The second-order valence-electron chi connectivity index (χ2n) is 4.08. The van der Waals surface area contributed by atoms with Gasteiger partial charge in [0.15, 0.2) is 29.0 Å². The van der Waals surface area contributed by atoms with Crippen LogP contribution in [0.3, 0.4) is 0 Å². The average molecular weight is 267 g/mol. The van der Waals surface area contributed by atoms with Crippen molar-refractivity contribution >= 4 is 0 Å². The van der Waals surface area contributed by atoms with Crippen LogP contribution in [0.5, 0.6) is 11.5 Å². The molecule has 2 aromatic rings.